The third-order valence-corrected chi connectivity index (χ3v) is 7.08. The second-order valence-corrected chi connectivity index (χ2v) is 9.61. The molecule has 1 N–H and O–H groups in total. The highest BCUT2D eigenvalue weighted by Gasteiger charge is 2.32. The summed E-state index contributed by atoms with van der Waals surface area (Å²) in [6, 6.07) is 11.4. The van der Waals surface area contributed by atoms with E-state index in [2.05, 4.69) is 34.5 Å². The number of H-pyrrole nitrogens is 1. The van der Waals surface area contributed by atoms with Gasteiger partial charge in [0, 0.05) is 35.6 Å². The van der Waals surface area contributed by atoms with Crippen LogP contribution >= 0.6 is 0 Å². The summed E-state index contributed by atoms with van der Waals surface area (Å²) in [5.41, 5.74) is 4.32. The van der Waals surface area contributed by atoms with Crippen LogP contribution in [0.3, 0.4) is 0 Å². The molecule has 1 aliphatic rings. The number of benzene rings is 1. The first-order valence-electron chi connectivity index (χ1n) is 12.7. The van der Waals surface area contributed by atoms with Gasteiger partial charge in [-0.1, -0.05) is 50.6 Å². The first kappa shape index (κ1) is 23.8. The van der Waals surface area contributed by atoms with E-state index in [1.165, 1.54) is 0 Å². The number of aromatic amines is 1. The van der Waals surface area contributed by atoms with Crippen molar-refractivity contribution in [2.45, 2.75) is 65.0 Å². The van der Waals surface area contributed by atoms with E-state index in [0.29, 0.717) is 18.8 Å². The standard InChI is InChI=1S/C27H31N7O2/c1-3-4-9-20-17-34(25-18(2)8-7-12-24(25)35)27(36)33(20)16-19-13-14-23(28-15-19)21-10-5-6-11-22(21)26-29-31-32-30-26/h5-6,10-11,13-15,17-18,25H,3-4,7-9,12,16H2,1-2H3,(H,29,30,31,32). The molecular weight excluding hydrogens is 454 g/mol. The lowest BCUT2D eigenvalue weighted by molar-refractivity contribution is -0.125. The van der Waals surface area contributed by atoms with Gasteiger partial charge in [-0.05, 0) is 48.4 Å². The number of tetrazole rings is 1. The zero-order chi connectivity index (χ0) is 25.1. The maximum atomic E-state index is 13.5. The Hall–Kier alpha value is -3.88. The summed E-state index contributed by atoms with van der Waals surface area (Å²) in [4.78, 5) is 31.0. The van der Waals surface area contributed by atoms with Gasteiger partial charge in [0.25, 0.3) is 0 Å². The molecule has 0 spiro atoms. The van der Waals surface area contributed by atoms with Crippen molar-refractivity contribution < 1.29 is 4.79 Å². The van der Waals surface area contributed by atoms with Crippen LogP contribution in [0.4, 0.5) is 0 Å². The summed E-state index contributed by atoms with van der Waals surface area (Å²) >= 11 is 0. The summed E-state index contributed by atoms with van der Waals surface area (Å²) in [7, 11) is 0. The lowest BCUT2D eigenvalue weighted by atomic mass is 9.85. The first-order chi connectivity index (χ1) is 17.6. The summed E-state index contributed by atoms with van der Waals surface area (Å²) in [6.07, 6.45) is 8.98. The van der Waals surface area contributed by atoms with Crippen molar-refractivity contribution in [3.8, 4) is 22.6 Å². The molecule has 1 aliphatic carbocycles. The van der Waals surface area contributed by atoms with Crippen molar-refractivity contribution in [3.63, 3.8) is 0 Å². The van der Waals surface area contributed by atoms with Crippen LogP contribution in [-0.2, 0) is 17.8 Å². The number of Topliss-reactive ketones (excluding diaryl/α,β-unsaturated/α-hetero) is 1. The number of aryl methyl sites for hydroxylation is 1. The van der Waals surface area contributed by atoms with Gasteiger partial charge >= 0.3 is 5.69 Å². The number of hydrogen-bond donors (Lipinski definition) is 1. The number of rotatable bonds is 8. The Morgan fingerprint density at radius 1 is 1.11 bits per heavy atom. The third kappa shape index (κ3) is 4.65. The average Bonchev–Trinajstić information content (AvgIpc) is 3.53. The van der Waals surface area contributed by atoms with Crippen LogP contribution < -0.4 is 5.69 Å². The van der Waals surface area contributed by atoms with Crippen molar-refractivity contribution in [2.75, 3.05) is 0 Å². The monoisotopic (exact) mass is 485 g/mol. The Bertz CT molecular complexity index is 1390. The second-order valence-electron chi connectivity index (χ2n) is 9.61. The quantitative estimate of drug-likeness (QED) is 0.400. The van der Waals surface area contributed by atoms with Gasteiger partial charge in [0.2, 0.25) is 5.82 Å². The topological polar surface area (TPSA) is 111 Å². The molecule has 2 atom stereocenters. The lowest BCUT2D eigenvalue weighted by Gasteiger charge is -2.27. The number of aromatic nitrogens is 7. The van der Waals surface area contributed by atoms with Crippen LogP contribution in [0.5, 0.6) is 0 Å². The van der Waals surface area contributed by atoms with E-state index in [1.807, 2.05) is 53.4 Å². The number of nitrogens with one attached hydrogen (secondary N) is 1. The van der Waals surface area contributed by atoms with Gasteiger partial charge in [-0.15, -0.1) is 10.2 Å². The number of imidazole rings is 1. The summed E-state index contributed by atoms with van der Waals surface area (Å²) in [5, 5.41) is 14.4. The van der Waals surface area contributed by atoms with Gasteiger partial charge in [0.05, 0.1) is 18.3 Å². The zero-order valence-corrected chi connectivity index (χ0v) is 20.7. The fraction of sp³-hybridized carbons (Fsp3) is 0.407. The molecule has 0 aliphatic heterocycles. The van der Waals surface area contributed by atoms with Crippen LogP contribution in [0.15, 0.2) is 53.6 Å². The Labute approximate surface area is 209 Å². The third-order valence-electron chi connectivity index (χ3n) is 7.08. The van der Waals surface area contributed by atoms with Crippen molar-refractivity contribution in [3.05, 3.63) is 70.5 Å². The van der Waals surface area contributed by atoms with E-state index in [0.717, 1.165) is 60.2 Å². The van der Waals surface area contributed by atoms with E-state index in [1.54, 1.807) is 4.57 Å². The Morgan fingerprint density at radius 3 is 2.64 bits per heavy atom. The second kappa shape index (κ2) is 10.4. The Balaban J connectivity index is 1.45. The van der Waals surface area contributed by atoms with Crippen LogP contribution in [0.25, 0.3) is 22.6 Å². The molecule has 36 heavy (non-hydrogen) atoms. The molecule has 186 valence electrons. The molecule has 0 amide bonds. The molecule has 3 aromatic heterocycles. The number of pyridine rings is 1. The number of ketones is 1. The van der Waals surface area contributed by atoms with Gasteiger partial charge in [0.1, 0.15) is 0 Å². The highest BCUT2D eigenvalue weighted by molar-refractivity contribution is 5.83. The molecule has 2 unspecified atom stereocenters. The maximum Gasteiger partial charge on any atom is 0.329 e. The average molecular weight is 486 g/mol. The van der Waals surface area contributed by atoms with Crippen LogP contribution in [0, 0.1) is 5.92 Å². The minimum absolute atomic E-state index is 0.111. The molecule has 5 rings (SSSR count). The molecule has 4 aromatic rings. The largest absolute Gasteiger partial charge is 0.329 e. The van der Waals surface area contributed by atoms with E-state index >= 15 is 0 Å². The van der Waals surface area contributed by atoms with Crippen molar-refractivity contribution in [2.24, 2.45) is 5.92 Å². The maximum absolute atomic E-state index is 13.5. The van der Waals surface area contributed by atoms with Crippen molar-refractivity contribution in [1.82, 2.24) is 34.7 Å². The van der Waals surface area contributed by atoms with E-state index in [9.17, 15) is 9.59 Å². The first-order valence-corrected chi connectivity index (χ1v) is 12.7. The van der Waals surface area contributed by atoms with Crippen molar-refractivity contribution in [1.29, 1.82) is 0 Å². The number of carbonyl (C=O) groups is 1. The summed E-state index contributed by atoms with van der Waals surface area (Å²) in [5.74, 6) is 0.844. The van der Waals surface area contributed by atoms with Crippen LogP contribution in [0.1, 0.15) is 63.3 Å². The smallest absolute Gasteiger partial charge is 0.297 e. The molecule has 9 heteroatoms. The molecule has 9 nitrogen and oxygen atoms in total. The van der Waals surface area contributed by atoms with Gasteiger partial charge in [-0.3, -0.25) is 18.9 Å². The summed E-state index contributed by atoms with van der Waals surface area (Å²) < 4.78 is 3.51. The summed E-state index contributed by atoms with van der Waals surface area (Å²) in [6.45, 7) is 4.63. The highest BCUT2D eigenvalue weighted by Crippen LogP contribution is 2.31. The number of carbonyl (C=O) groups excluding carboxylic acids is 1. The lowest BCUT2D eigenvalue weighted by Crippen LogP contribution is -2.37. The molecule has 0 bridgehead atoms. The molecule has 3 heterocycles. The number of hydrogen-bond acceptors (Lipinski definition) is 6. The fourth-order valence-corrected chi connectivity index (χ4v) is 5.16. The van der Waals surface area contributed by atoms with E-state index in [4.69, 9.17) is 4.98 Å². The fourth-order valence-electron chi connectivity index (χ4n) is 5.16. The van der Waals surface area contributed by atoms with Gasteiger partial charge in [-0.25, -0.2) is 4.79 Å². The number of unbranched alkanes of at least 4 members (excludes halogenated alkanes) is 1. The predicted octanol–water partition coefficient (Wildman–Crippen LogP) is 4.21. The molecule has 1 fully saturated rings. The van der Waals surface area contributed by atoms with Crippen LogP contribution in [-0.4, -0.2) is 40.5 Å². The van der Waals surface area contributed by atoms with E-state index in [-0.39, 0.29) is 23.4 Å². The normalized spacial score (nSPS) is 18.0. The molecule has 1 saturated carbocycles. The molecule has 0 radical (unpaired) electrons. The van der Waals surface area contributed by atoms with Crippen LogP contribution in [0.2, 0.25) is 0 Å². The molecule has 0 saturated heterocycles. The van der Waals surface area contributed by atoms with Gasteiger partial charge in [-0.2, -0.15) is 5.21 Å². The molecule has 1 aromatic carbocycles. The predicted molar refractivity (Wildman–Crippen MR) is 136 cm³/mol. The number of nitrogens with zero attached hydrogens (tertiary/aromatic N) is 6. The van der Waals surface area contributed by atoms with E-state index < -0.39 is 0 Å². The van der Waals surface area contributed by atoms with Gasteiger partial charge in [0.15, 0.2) is 5.78 Å². The minimum atomic E-state index is -0.366. The Kier molecular flexibility index (Phi) is 6.88. The Morgan fingerprint density at radius 2 is 1.94 bits per heavy atom. The zero-order valence-electron chi connectivity index (χ0n) is 20.7. The molecular formula is C27H31N7O2. The van der Waals surface area contributed by atoms with Gasteiger partial charge < -0.3 is 0 Å². The minimum Gasteiger partial charge on any atom is -0.297 e. The van der Waals surface area contributed by atoms with Crippen molar-refractivity contribution >= 4 is 5.78 Å². The highest BCUT2D eigenvalue weighted by atomic mass is 16.2. The SMILES string of the molecule is CCCCc1cn(C2C(=O)CCCC2C)c(=O)n1Cc1ccc(-c2ccccc2-c2nn[nH]n2)nc1.